The summed E-state index contributed by atoms with van der Waals surface area (Å²) in [6.07, 6.45) is 0.662. The third kappa shape index (κ3) is 4.53. The topological polar surface area (TPSA) is 67.9 Å². The number of benzene rings is 2. The second kappa shape index (κ2) is 8.15. The highest BCUT2D eigenvalue weighted by atomic mass is 16.5. The number of amides is 2. The summed E-state index contributed by atoms with van der Waals surface area (Å²) in [5.74, 6) is 0.120. The van der Waals surface area contributed by atoms with Crippen LogP contribution in [-0.2, 0) is 28.0 Å². The predicted octanol–water partition coefficient (Wildman–Crippen LogP) is 3.52. The summed E-state index contributed by atoms with van der Waals surface area (Å²) in [5.41, 5.74) is 3.87. The molecule has 0 bridgehead atoms. The second-order valence-electron chi connectivity index (χ2n) is 8.23. The van der Waals surface area contributed by atoms with Gasteiger partial charge in [0.25, 0.3) is 0 Å². The molecule has 0 spiro atoms. The van der Waals surface area contributed by atoms with Gasteiger partial charge in [0.15, 0.2) is 11.5 Å². The molecule has 2 aromatic rings. The Morgan fingerprint density at radius 1 is 0.966 bits per heavy atom. The zero-order chi connectivity index (χ0) is 21.2. The monoisotopic (exact) mass is 396 g/mol. The van der Waals surface area contributed by atoms with Gasteiger partial charge in [-0.3, -0.25) is 9.59 Å². The van der Waals surface area contributed by atoms with Crippen LogP contribution in [0.15, 0.2) is 36.4 Å². The summed E-state index contributed by atoms with van der Waals surface area (Å²) in [5, 5.41) is 2.71. The number of methoxy groups -OCH3 is 2. The average molecular weight is 396 g/mol. The number of hydrogen-bond acceptors (Lipinski definition) is 4. The Bertz CT molecular complexity index is 914. The minimum absolute atomic E-state index is 0.0310. The van der Waals surface area contributed by atoms with E-state index in [2.05, 4.69) is 26.1 Å². The molecule has 154 valence electrons. The number of rotatable bonds is 3. The third-order valence-corrected chi connectivity index (χ3v) is 5.21. The lowest BCUT2D eigenvalue weighted by Gasteiger charge is -2.29. The maximum Gasteiger partial charge on any atom is 0.313 e. The predicted molar refractivity (Wildman–Crippen MR) is 112 cm³/mol. The number of ether oxygens (including phenoxy) is 2. The van der Waals surface area contributed by atoms with Crippen LogP contribution in [0.2, 0.25) is 0 Å². The summed E-state index contributed by atoms with van der Waals surface area (Å²) in [6.45, 7) is 7.23. The quantitative estimate of drug-likeness (QED) is 0.806. The number of nitrogens with zero attached hydrogens (tertiary/aromatic N) is 1. The first-order chi connectivity index (χ1) is 13.7. The average Bonchev–Trinajstić information content (AvgIpc) is 2.71. The van der Waals surface area contributed by atoms with Crippen molar-refractivity contribution in [2.24, 2.45) is 0 Å². The Morgan fingerprint density at radius 2 is 1.55 bits per heavy atom. The normalized spacial score (nSPS) is 13.5. The largest absolute Gasteiger partial charge is 0.493 e. The van der Waals surface area contributed by atoms with Crippen molar-refractivity contribution >= 4 is 17.5 Å². The molecule has 0 unspecified atom stereocenters. The molecule has 0 fully saturated rings. The zero-order valence-corrected chi connectivity index (χ0v) is 17.7. The van der Waals surface area contributed by atoms with E-state index in [0.29, 0.717) is 36.7 Å². The first-order valence-corrected chi connectivity index (χ1v) is 9.67. The number of fused-ring (bicyclic) bond motifs is 1. The van der Waals surface area contributed by atoms with Crippen LogP contribution < -0.4 is 14.8 Å². The Labute approximate surface area is 171 Å². The molecule has 2 aromatic carbocycles. The first kappa shape index (κ1) is 20.7. The van der Waals surface area contributed by atoms with E-state index in [9.17, 15) is 9.59 Å². The van der Waals surface area contributed by atoms with E-state index in [-0.39, 0.29) is 5.41 Å². The Kier molecular flexibility index (Phi) is 5.82. The van der Waals surface area contributed by atoms with E-state index in [1.807, 2.05) is 36.4 Å². The molecule has 2 amide bonds. The number of hydrogen-bond donors (Lipinski definition) is 1. The Morgan fingerprint density at radius 3 is 2.10 bits per heavy atom. The molecule has 1 aliphatic heterocycles. The lowest BCUT2D eigenvalue weighted by Crippen LogP contribution is -2.42. The smallest absolute Gasteiger partial charge is 0.313 e. The van der Waals surface area contributed by atoms with Gasteiger partial charge in [-0.15, -0.1) is 0 Å². The van der Waals surface area contributed by atoms with Crippen LogP contribution in [-0.4, -0.2) is 37.5 Å². The molecule has 1 N–H and O–H groups in total. The zero-order valence-electron chi connectivity index (χ0n) is 17.7. The number of carbonyl (C=O) groups excluding carboxylic acids is 2. The highest BCUT2D eigenvalue weighted by Crippen LogP contribution is 2.33. The van der Waals surface area contributed by atoms with Gasteiger partial charge in [-0.05, 0) is 52.8 Å². The molecule has 0 aliphatic carbocycles. The summed E-state index contributed by atoms with van der Waals surface area (Å²) in [6, 6.07) is 11.4. The molecule has 6 nitrogen and oxygen atoms in total. The van der Waals surface area contributed by atoms with E-state index in [1.165, 1.54) is 5.56 Å². The highest BCUT2D eigenvalue weighted by molar-refractivity contribution is 6.39. The van der Waals surface area contributed by atoms with Crippen molar-refractivity contribution in [3.05, 3.63) is 53.1 Å². The van der Waals surface area contributed by atoms with Crippen molar-refractivity contribution in [3.8, 4) is 11.5 Å². The van der Waals surface area contributed by atoms with Gasteiger partial charge >= 0.3 is 11.8 Å². The summed E-state index contributed by atoms with van der Waals surface area (Å²) in [4.78, 5) is 26.7. The maximum absolute atomic E-state index is 12.7. The molecule has 29 heavy (non-hydrogen) atoms. The number of anilines is 1. The van der Waals surface area contributed by atoms with Gasteiger partial charge in [-0.1, -0.05) is 32.9 Å². The van der Waals surface area contributed by atoms with Crippen molar-refractivity contribution in [2.75, 3.05) is 26.1 Å². The van der Waals surface area contributed by atoms with Crippen LogP contribution in [0, 0.1) is 0 Å². The fraction of sp³-hybridized carbons (Fsp3) is 0.391. The van der Waals surface area contributed by atoms with Crippen molar-refractivity contribution in [2.45, 2.75) is 39.2 Å². The molecule has 6 heteroatoms. The van der Waals surface area contributed by atoms with Crippen LogP contribution in [0.1, 0.15) is 37.5 Å². The summed E-state index contributed by atoms with van der Waals surface area (Å²) >= 11 is 0. The first-order valence-electron chi connectivity index (χ1n) is 9.67. The van der Waals surface area contributed by atoms with Crippen LogP contribution in [0.25, 0.3) is 0 Å². The molecule has 0 saturated heterocycles. The lowest BCUT2D eigenvalue weighted by molar-refractivity contribution is -0.143. The van der Waals surface area contributed by atoms with Crippen molar-refractivity contribution in [1.82, 2.24) is 4.90 Å². The molecular formula is C23H28N2O4. The molecule has 0 atom stereocenters. The molecule has 1 aliphatic rings. The van der Waals surface area contributed by atoms with Gasteiger partial charge in [0.2, 0.25) is 0 Å². The lowest BCUT2D eigenvalue weighted by atomic mass is 9.87. The van der Waals surface area contributed by atoms with Crippen molar-refractivity contribution in [1.29, 1.82) is 0 Å². The van der Waals surface area contributed by atoms with Gasteiger partial charge in [-0.25, -0.2) is 0 Å². The maximum atomic E-state index is 12.7. The van der Waals surface area contributed by atoms with E-state index in [1.54, 1.807) is 19.1 Å². The summed E-state index contributed by atoms with van der Waals surface area (Å²) in [7, 11) is 3.18. The van der Waals surface area contributed by atoms with E-state index < -0.39 is 11.8 Å². The summed E-state index contributed by atoms with van der Waals surface area (Å²) < 4.78 is 10.7. The molecule has 1 heterocycles. The van der Waals surface area contributed by atoms with Gasteiger partial charge in [0.05, 0.1) is 14.2 Å². The minimum atomic E-state index is -0.627. The number of nitrogens with one attached hydrogen (secondary N) is 1. The van der Waals surface area contributed by atoms with E-state index in [0.717, 1.165) is 11.1 Å². The van der Waals surface area contributed by atoms with Gasteiger partial charge in [0, 0.05) is 18.8 Å². The van der Waals surface area contributed by atoms with E-state index in [4.69, 9.17) is 9.47 Å². The van der Waals surface area contributed by atoms with E-state index >= 15 is 0 Å². The standard InChI is InChI=1S/C23H28N2O4/c1-23(2,3)17-6-8-18(9-7-17)24-21(26)22(27)25-11-10-15-12-19(28-4)20(29-5)13-16(15)14-25/h6-9,12-13H,10-11,14H2,1-5H3,(H,24,26). The van der Waals surface area contributed by atoms with Crippen molar-refractivity contribution < 1.29 is 19.1 Å². The Balaban J connectivity index is 1.69. The molecule has 0 saturated carbocycles. The minimum Gasteiger partial charge on any atom is -0.493 e. The fourth-order valence-corrected chi connectivity index (χ4v) is 3.44. The van der Waals surface area contributed by atoms with Crippen LogP contribution in [0.4, 0.5) is 5.69 Å². The SMILES string of the molecule is COc1cc2c(cc1OC)CN(C(=O)C(=O)Nc1ccc(C(C)(C)C)cc1)CC2. The fourth-order valence-electron chi connectivity index (χ4n) is 3.44. The molecule has 0 radical (unpaired) electrons. The van der Waals surface area contributed by atoms with Crippen LogP contribution >= 0.6 is 0 Å². The molecule has 0 aromatic heterocycles. The van der Waals surface area contributed by atoms with Crippen LogP contribution in [0.5, 0.6) is 11.5 Å². The van der Waals surface area contributed by atoms with Gasteiger partial charge in [-0.2, -0.15) is 0 Å². The second-order valence-corrected chi connectivity index (χ2v) is 8.23. The van der Waals surface area contributed by atoms with Gasteiger partial charge < -0.3 is 19.7 Å². The third-order valence-electron chi connectivity index (χ3n) is 5.21. The molecule has 3 rings (SSSR count). The molecular weight excluding hydrogens is 368 g/mol. The van der Waals surface area contributed by atoms with Crippen LogP contribution in [0.3, 0.4) is 0 Å². The highest BCUT2D eigenvalue weighted by Gasteiger charge is 2.27. The number of carbonyl (C=O) groups is 2. The Hall–Kier alpha value is -3.02. The van der Waals surface area contributed by atoms with Crippen molar-refractivity contribution in [3.63, 3.8) is 0 Å². The van der Waals surface area contributed by atoms with Gasteiger partial charge in [0.1, 0.15) is 0 Å².